The Balaban J connectivity index is 3.39. The Kier molecular flexibility index (Phi) is 22.3. The molecule has 0 saturated carbocycles. The number of hydrogen-bond acceptors (Lipinski definition) is 11. The molecule has 0 spiro atoms. The Bertz CT molecular complexity index is 1880. The first-order valence-electron chi connectivity index (χ1n) is 28.0. The van der Waals surface area contributed by atoms with Gasteiger partial charge < -0.3 is 45.2 Å². The highest BCUT2D eigenvalue weighted by molar-refractivity contribution is 6.76. The Labute approximate surface area is 463 Å². The van der Waals surface area contributed by atoms with Gasteiger partial charge in [-0.2, -0.15) is 0 Å². The molecule has 0 aromatic heterocycles. The monoisotopic (exact) mass is 1170 g/mol. The molecule has 0 unspecified atom stereocenters. The minimum absolute atomic E-state index is 0.0644. The lowest BCUT2D eigenvalue weighted by Gasteiger charge is -2.56. The van der Waals surface area contributed by atoms with Crippen molar-refractivity contribution in [1.29, 1.82) is 0 Å². The Morgan fingerprint density at radius 2 is 0.608 bits per heavy atom. The van der Waals surface area contributed by atoms with E-state index in [1.165, 1.54) is 0 Å². The normalized spacial score (nSPS) is 27.6. The molecule has 0 aromatic rings. The highest BCUT2D eigenvalue weighted by Gasteiger charge is 2.61. The second-order valence-electron chi connectivity index (χ2n) is 32.8. The van der Waals surface area contributed by atoms with Gasteiger partial charge in [-0.3, -0.25) is 0 Å². The summed E-state index contributed by atoms with van der Waals surface area (Å²) in [6.45, 7) is 79.7. The predicted octanol–water partition coefficient (Wildman–Crippen LogP) is 17.1. The summed E-state index contributed by atoms with van der Waals surface area (Å²) in [7, 11) is -17.9. The first kappa shape index (κ1) is 70.5. The lowest BCUT2D eigenvalue weighted by Crippen LogP contribution is -2.71. The van der Waals surface area contributed by atoms with Crippen LogP contribution in [0.3, 0.4) is 0 Å². The van der Waals surface area contributed by atoms with Gasteiger partial charge >= 0.3 is 0 Å². The van der Waals surface area contributed by atoms with Crippen LogP contribution >= 0.6 is 0 Å². The second kappa shape index (κ2) is 23.4. The van der Waals surface area contributed by atoms with Gasteiger partial charge in [0, 0.05) is 4.91 Å². The molecule has 13 nitrogen and oxygen atoms in total. The second-order valence-corrected chi connectivity index (χ2v) is 66.2. The summed E-state index contributed by atoms with van der Waals surface area (Å²) < 4.78 is 75.8. The molecule has 2 rings (SSSR count). The van der Waals surface area contributed by atoms with Gasteiger partial charge in [-0.1, -0.05) is 151 Å². The molecule has 2 heterocycles. The summed E-state index contributed by atoms with van der Waals surface area (Å²) in [5.74, 6) is 0. The molecule has 0 aliphatic carbocycles. The van der Waals surface area contributed by atoms with Crippen molar-refractivity contribution >= 4 is 58.2 Å². The summed E-state index contributed by atoms with van der Waals surface area (Å²) in [6, 6.07) is 0. The van der Waals surface area contributed by atoms with E-state index >= 15 is 0 Å². The van der Waals surface area contributed by atoms with Crippen LogP contribution < -0.4 is 0 Å². The molecular formula is C54H119N3O10Si7. The molecule has 2 fully saturated rings. The fourth-order valence-electron chi connectivity index (χ4n) is 6.87. The number of azide groups is 1. The van der Waals surface area contributed by atoms with Crippen molar-refractivity contribution in [3.63, 3.8) is 0 Å². The van der Waals surface area contributed by atoms with E-state index < -0.39 is 120 Å². The minimum atomic E-state index is -2.68. The molecule has 0 N–H and O–H groups in total. The van der Waals surface area contributed by atoms with Crippen molar-refractivity contribution < 1.29 is 45.2 Å². The van der Waals surface area contributed by atoms with Gasteiger partial charge in [-0.05, 0) is 132 Å². The SMILES string of the molecule is CC(C)(C)[Si](C)(C)OC[C@H]1O[C@@H](N=[N+]=[N-])[C@H](O[Si](C)(C)C(C)(C)C)[C@@H](O[Si](C)(C)C(C)(C)C)[C@@H]1O[C@H]1O[C@H](CO[Si](C)(C)C(C)(C)C)[C@@H](O[Si](C)(C)C(C)(C)C)[C@H](O[Si](C)(C)C(C)(C)C)[C@H]1O[Si](C)(C)C(C)(C)C. The average molecular weight is 1170 g/mol. The molecule has 0 radical (unpaired) electrons. The third-order valence-corrected chi connectivity index (χ3v) is 51.0. The van der Waals surface area contributed by atoms with Crippen molar-refractivity contribution in [1.82, 2.24) is 0 Å². The topological polar surface area (TPSA) is 141 Å². The molecule has 2 aliphatic rings. The number of ether oxygens (including phenoxy) is 3. The molecule has 0 aromatic carbocycles. The quantitative estimate of drug-likeness (QED) is 0.0531. The maximum atomic E-state index is 10.3. The molecule has 74 heavy (non-hydrogen) atoms. The standard InChI is InChI=1S/C54H119N3O10Si7/c1-48(2,3)68(22,23)58-36-38-40(42(64-71(28,29)51(10,11)12)44(46(60-38)56-57-55)66-73(32,33)53(16,17)18)62-47-45(67-74(34,35)54(19,20)21)43(65-72(30,31)52(13,14)15)41(63-70(26,27)50(7,8)9)39(61-47)37-59-69(24,25)49(4,5)6/h38-47H,36-37H2,1-35H3/t38-,39-,40-,41-,42+,43+,44-,45-,46-,47-/m1/s1. The predicted molar refractivity (Wildman–Crippen MR) is 328 cm³/mol. The Morgan fingerprint density at radius 3 is 0.905 bits per heavy atom. The largest absolute Gasteiger partial charge is 0.414 e. The fourth-order valence-corrected chi connectivity index (χ4v) is 15.4. The highest BCUT2D eigenvalue weighted by Crippen LogP contribution is 2.50. The van der Waals surface area contributed by atoms with Gasteiger partial charge in [0.25, 0.3) is 0 Å². The number of rotatable bonds is 19. The van der Waals surface area contributed by atoms with Crippen LogP contribution in [-0.2, 0) is 45.2 Å². The zero-order chi connectivity index (χ0) is 58.7. The van der Waals surface area contributed by atoms with Crippen LogP contribution in [0.1, 0.15) is 145 Å². The van der Waals surface area contributed by atoms with E-state index in [9.17, 15) is 5.53 Å². The van der Waals surface area contributed by atoms with Gasteiger partial charge in [0.05, 0.1) is 13.2 Å². The Hall–Kier alpha value is 0.428. The van der Waals surface area contributed by atoms with Gasteiger partial charge in [0.15, 0.2) is 70.7 Å². The third kappa shape index (κ3) is 17.0. The van der Waals surface area contributed by atoms with Crippen LogP contribution in [0.15, 0.2) is 5.11 Å². The fraction of sp³-hybridized carbons (Fsp3) is 1.00. The van der Waals surface area contributed by atoms with E-state index in [4.69, 9.17) is 45.2 Å². The first-order chi connectivity index (χ1) is 32.3. The molecule has 0 amide bonds. The maximum Gasteiger partial charge on any atom is 0.192 e. The van der Waals surface area contributed by atoms with Crippen LogP contribution in [-0.4, -0.2) is 133 Å². The zero-order valence-corrected chi connectivity index (χ0v) is 61.6. The van der Waals surface area contributed by atoms with Crippen molar-refractivity contribution in [2.75, 3.05) is 13.2 Å². The summed E-state index contributed by atoms with van der Waals surface area (Å²) in [5, 5.41) is 3.35. The van der Waals surface area contributed by atoms with Gasteiger partial charge in [-0.25, -0.2) is 0 Å². The van der Waals surface area contributed by atoms with Crippen LogP contribution in [0.4, 0.5) is 0 Å². The first-order valence-corrected chi connectivity index (χ1v) is 48.3. The van der Waals surface area contributed by atoms with E-state index in [2.05, 4.69) is 247 Å². The lowest BCUT2D eigenvalue weighted by atomic mass is 9.96. The molecule has 20 heteroatoms. The van der Waals surface area contributed by atoms with Crippen LogP contribution in [0.25, 0.3) is 10.4 Å². The minimum Gasteiger partial charge on any atom is -0.414 e. The van der Waals surface area contributed by atoms with Gasteiger partial charge in [-0.15, -0.1) is 0 Å². The van der Waals surface area contributed by atoms with Crippen molar-refractivity contribution in [2.45, 2.75) is 334 Å². The van der Waals surface area contributed by atoms with Crippen LogP contribution in [0, 0.1) is 0 Å². The van der Waals surface area contributed by atoms with E-state index in [0.717, 1.165) is 0 Å². The molecule has 0 bridgehead atoms. The molecule has 2 saturated heterocycles. The summed E-state index contributed by atoms with van der Waals surface area (Å²) in [6.07, 6.45) is -7.83. The Morgan fingerprint density at radius 1 is 0.351 bits per heavy atom. The number of nitrogens with zero attached hydrogens (tertiary/aromatic N) is 3. The smallest absolute Gasteiger partial charge is 0.192 e. The van der Waals surface area contributed by atoms with Crippen LogP contribution in [0.5, 0.6) is 0 Å². The van der Waals surface area contributed by atoms with E-state index in [1.807, 2.05) is 0 Å². The lowest BCUT2D eigenvalue weighted by molar-refractivity contribution is -0.333. The van der Waals surface area contributed by atoms with Crippen molar-refractivity contribution in [3.05, 3.63) is 10.4 Å². The third-order valence-electron chi connectivity index (χ3n) is 19.7. The van der Waals surface area contributed by atoms with Gasteiger partial charge in [0.2, 0.25) is 0 Å². The molecule has 10 atom stereocenters. The van der Waals surface area contributed by atoms with E-state index in [0.29, 0.717) is 0 Å². The van der Waals surface area contributed by atoms with Gasteiger partial charge in [0.1, 0.15) is 48.8 Å². The summed E-state index contributed by atoms with van der Waals surface area (Å²) >= 11 is 0. The van der Waals surface area contributed by atoms with Crippen LogP contribution in [0.2, 0.25) is 127 Å². The zero-order valence-electron chi connectivity index (χ0n) is 54.6. The maximum absolute atomic E-state index is 10.3. The number of hydrogen-bond donors (Lipinski definition) is 0. The molecular weight excluding hydrogens is 1050 g/mol. The van der Waals surface area contributed by atoms with E-state index in [-0.39, 0.29) is 48.5 Å². The average Bonchev–Trinajstić information content (AvgIpc) is 3.14. The van der Waals surface area contributed by atoms with E-state index in [1.54, 1.807) is 0 Å². The summed E-state index contributed by atoms with van der Waals surface area (Å²) in [5.41, 5.74) is 10.3. The van der Waals surface area contributed by atoms with Crippen molar-refractivity contribution in [3.8, 4) is 0 Å². The molecule has 2 aliphatic heterocycles. The summed E-state index contributed by atoms with van der Waals surface area (Å²) in [4.78, 5) is 3.41. The molecule has 438 valence electrons. The highest BCUT2D eigenvalue weighted by atomic mass is 28.4. The van der Waals surface area contributed by atoms with Crippen molar-refractivity contribution in [2.24, 2.45) is 5.11 Å².